The molecule has 0 radical (unpaired) electrons. The first-order valence-electron chi connectivity index (χ1n) is 4.62. The molecule has 90 valence electrons. The molecule has 0 spiro atoms. The predicted molar refractivity (Wildman–Crippen MR) is 57.9 cm³/mol. The van der Waals surface area contributed by atoms with E-state index < -0.39 is 15.9 Å². The number of hydrogen-bond donors (Lipinski definition) is 0. The van der Waals surface area contributed by atoms with Gasteiger partial charge in [0.05, 0.1) is 10.2 Å². The van der Waals surface area contributed by atoms with E-state index in [9.17, 15) is 13.0 Å². The van der Waals surface area contributed by atoms with Crippen molar-refractivity contribution >= 4 is 21.7 Å². The molecule has 0 saturated carbocycles. The van der Waals surface area contributed by atoms with Crippen LogP contribution in [0.15, 0.2) is 24.7 Å². The fourth-order valence-corrected chi connectivity index (χ4v) is 2.20. The summed E-state index contributed by atoms with van der Waals surface area (Å²) in [4.78, 5) is 8.79. The van der Waals surface area contributed by atoms with Crippen LogP contribution in [-0.4, -0.2) is 33.2 Å². The number of rotatable bonds is 4. The first kappa shape index (κ1) is 12.0. The van der Waals surface area contributed by atoms with Crippen LogP contribution >= 0.6 is 11.5 Å². The van der Waals surface area contributed by atoms with Crippen LogP contribution in [-0.2, 0) is 16.7 Å². The second-order valence-corrected chi connectivity index (χ2v) is 5.47. The molecule has 0 amide bonds. The number of nitrogens with zero attached hydrogens (tertiary/aromatic N) is 4. The SMILES string of the molecule is O=S(=O)([O-])CC[n+]1cc(-c2ncccn2)sn1. The van der Waals surface area contributed by atoms with Crippen molar-refractivity contribution in [1.82, 2.24) is 14.5 Å². The molecule has 2 heterocycles. The van der Waals surface area contributed by atoms with Gasteiger partial charge in [-0.2, -0.15) is 0 Å². The Morgan fingerprint density at radius 3 is 2.71 bits per heavy atom. The molecule has 2 aromatic heterocycles. The summed E-state index contributed by atoms with van der Waals surface area (Å²) in [5.41, 5.74) is 0. The minimum Gasteiger partial charge on any atom is -0.748 e. The van der Waals surface area contributed by atoms with Gasteiger partial charge in [0, 0.05) is 23.9 Å². The van der Waals surface area contributed by atoms with Crippen molar-refractivity contribution in [3.05, 3.63) is 24.7 Å². The van der Waals surface area contributed by atoms with E-state index >= 15 is 0 Å². The molecule has 0 N–H and O–H groups in total. The number of aryl methyl sites for hydroxylation is 1. The maximum Gasteiger partial charge on any atom is 0.220 e. The Bertz CT molecular complexity index is 596. The second kappa shape index (κ2) is 4.82. The molecule has 17 heavy (non-hydrogen) atoms. The highest BCUT2D eigenvalue weighted by Gasteiger charge is 2.13. The fourth-order valence-electron chi connectivity index (χ4n) is 1.11. The third-order valence-corrected chi connectivity index (χ3v) is 3.33. The van der Waals surface area contributed by atoms with Crippen molar-refractivity contribution in [1.29, 1.82) is 0 Å². The second-order valence-electron chi connectivity index (χ2n) is 3.16. The Morgan fingerprint density at radius 1 is 1.35 bits per heavy atom. The minimum atomic E-state index is -4.22. The molecule has 0 fully saturated rings. The smallest absolute Gasteiger partial charge is 0.220 e. The topological polar surface area (TPSA) is 99.8 Å². The van der Waals surface area contributed by atoms with Crippen LogP contribution < -0.4 is 4.68 Å². The van der Waals surface area contributed by atoms with E-state index in [-0.39, 0.29) is 6.54 Å². The molecule has 9 heteroatoms. The third kappa shape index (κ3) is 3.51. The van der Waals surface area contributed by atoms with Gasteiger partial charge in [0.2, 0.25) is 6.20 Å². The zero-order valence-corrected chi connectivity index (χ0v) is 10.2. The van der Waals surface area contributed by atoms with Gasteiger partial charge in [0.25, 0.3) is 0 Å². The highest BCUT2D eigenvalue weighted by atomic mass is 32.2. The maximum absolute atomic E-state index is 10.5. The van der Waals surface area contributed by atoms with Crippen LogP contribution in [0.4, 0.5) is 0 Å². The molecule has 0 aliphatic rings. The molecule has 0 aromatic carbocycles. The fraction of sp³-hybridized carbons (Fsp3) is 0.250. The molecule has 0 atom stereocenters. The summed E-state index contributed by atoms with van der Waals surface area (Å²) >= 11 is 1.14. The monoisotopic (exact) mass is 272 g/mol. The summed E-state index contributed by atoms with van der Waals surface area (Å²) in [6.45, 7) is 0.0369. The van der Waals surface area contributed by atoms with E-state index in [2.05, 4.69) is 14.5 Å². The van der Waals surface area contributed by atoms with Crippen LogP contribution in [0.3, 0.4) is 0 Å². The molecular formula is C8H8N4O3S2. The van der Waals surface area contributed by atoms with E-state index in [1.165, 1.54) is 4.68 Å². The molecule has 0 bridgehead atoms. The molecule has 2 aromatic rings. The Kier molecular flexibility index (Phi) is 3.41. The summed E-state index contributed by atoms with van der Waals surface area (Å²) in [5, 5.41) is 0. The number of aromatic nitrogens is 4. The van der Waals surface area contributed by atoms with Crippen LogP contribution in [0.25, 0.3) is 10.7 Å². The van der Waals surface area contributed by atoms with Crippen molar-refractivity contribution in [2.24, 2.45) is 0 Å². The van der Waals surface area contributed by atoms with Crippen molar-refractivity contribution in [2.45, 2.75) is 6.54 Å². The van der Waals surface area contributed by atoms with Crippen LogP contribution in [0, 0.1) is 0 Å². The van der Waals surface area contributed by atoms with Crippen LogP contribution in [0.2, 0.25) is 0 Å². The molecule has 0 unspecified atom stereocenters. The van der Waals surface area contributed by atoms with Crippen molar-refractivity contribution in [2.75, 3.05) is 5.75 Å². The highest BCUT2D eigenvalue weighted by Crippen LogP contribution is 2.14. The van der Waals surface area contributed by atoms with Gasteiger partial charge in [-0.25, -0.2) is 18.4 Å². The normalized spacial score (nSPS) is 11.6. The average Bonchev–Trinajstić information content (AvgIpc) is 2.75. The Morgan fingerprint density at radius 2 is 2.06 bits per heavy atom. The molecule has 0 saturated heterocycles. The van der Waals surface area contributed by atoms with Gasteiger partial charge in [-0.3, -0.25) is 0 Å². The lowest BCUT2D eigenvalue weighted by atomic mass is 10.5. The van der Waals surface area contributed by atoms with E-state index in [0.29, 0.717) is 10.7 Å². The van der Waals surface area contributed by atoms with Gasteiger partial charge in [0.1, 0.15) is 10.1 Å². The maximum atomic E-state index is 10.5. The van der Waals surface area contributed by atoms with Gasteiger partial charge < -0.3 is 4.55 Å². The van der Waals surface area contributed by atoms with Gasteiger partial charge in [-0.15, -0.1) is 0 Å². The Hall–Kier alpha value is -1.45. The van der Waals surface area contributed by atoms with Gasteiger partial charge >= 0.3 is 0 Å². The van der Waals surface area contributed by atoms with Crippen molar-refractivity contribution in [3.63, 3.8) is 0 Å². The van der Waals surface area contributed by atoms with Gasteiger partial charge in [0.15, 0.2) is 17.2 Å². The van der Waals surface area contributed by atoms with Crippen molar-refractivity contribution < 1.29 is 17.7 Å². The minimum absolute atomic E-state index is 0.0369. The summed E-state index contributed by atoms with van der Waals surface area (Å²) in [5.74, 6) is 0.0463. The van der Waals surface area contributed by atoms with E-state index in [0.717, 1.165) is 11.5 Å². The zero-order valence-electron chi connectivity index (χ0n) is 8.55. The van der Waals surface area contributed by atoms with Crippen LogP contribution in [0.1, 0.15) is 0 Å². The third-order valence-electron chi connectivity index (χ3n) is 1.87. The number of hydrogen-bond acceptors (Lipinski definition) is 7. The average molecular weight is 272 g/mol. The van der Waals surface area contributed by atoms with Gasteiger partial charge in [-0.1, -0.05) is 4.68 Å². The molecule has 0 aliphatic heterocycles. The van der Waals surface area contributed by atoms with E-state index in [1.807, 2.05) is 0 Å². The quantitative estimate of drug-likeness (QED) is 0.546. The lowest BCUT2D eigenvalue weighted by molar-refractivity contribution is -0.742. The standard InChI is InChI=1S/C8H8N4O3S2/c13-17(14,15)5-4-12-6-7(16-11-12)8-9-2-1-3-10-8/h1-3,6H,4-5H2. The first-order chi connectivity index (χ1) is 8.04. The van der Waals surface area contributed by atoms with Crippen molar-refractivity contribution in [3.8, 4) is 10.7 Å². The summed E-state index contributed by atoms with van der Waals surface area (Å²) < 4.78 is 36.8. The Labute approximate surface area is 102 Å². The summed E-state index contributed by atoms with van der Waals surface area (Å²) in [6, 6.07) is 1.70. The van der Waals surface area contributed by atoms with Gasteiger partial charge in [-0.05, 0) is 6.07 Å². The largest absolute Gasteiger partial charge is 0.748 e. The lowest BCUT2D eigenvalue weighted by Crippen LogP contribution is -2.37. The van der Waals surface area contributed by atoms with Crippen LogP contribution in [0.5, 0.6) is 0 Å². The highest BCUT2D eigenvalue weighted by molar-refractivity contribution is 7.85. The molecule has 2 rings (SSSR count). The van der Waals surface area contributed by atoms with E-state index in [4.69, 9.17) is 0 Å². The summed E-state index contributed by atoms with van der Waals surface area (Å²) in [7, 11) is -4.22. The first-order valence-corrected chi connectivity index (χ1v) is 6.97. The lowest BCUT2D eigenvalue weighted by Gasteiger charge is -2.00. The molecule has 0 aliphatic carbocycles. The zero-order chi connectivity index (χ0) is 12.3. The molecular weight excluding hydrogens is 264 g/mol. The summed E-state index contributed by atoms with van der Waals surface area (Å²) in [6.07, 6.45) is 4.83. The Balaban J connectivity index is 2.12. The predicted octanol–water partition coefficient (Wildman–Crippen LogP) is -0.567. The molecule has 7 nitrogen and oxygen atoms in total. The van der Waals surface area contributed by atoms with E-state index in [1.54, 1.807) is 24.7 Å².